The van der Waals surface area contributed by atoms with Crippen LogP contribution in [0.25, 0.3) is 0 Å². The molecule has 0 spiro atoms. The van der Waals surface area contributed by atoms with Crippen LogP contribution in [0.15, 0.2) is 42.5 Å². The number of carbonyl (C=O) groups excluding carboxylic acids is 1. The summed E-state index contributed by atoms with van der Waals surface area (Å²) in [7, 11) is 0. The molecule has 2 aromatic rings. The number of aryl methyl sites for hydroxylation is 2. The highest BCUT2D eigenvalue weighted by Gasteiger charge is 2.09. The molecule has 0 bridgehead atoms. The van der Waals surface area contributed by atoms with E-state index in [1.807, 2.05) is 44.2 Å². The molecule has 0 atom stereocenters. The largest absolute Gasteiger partial charge is 0.348 e. The second kappa shape index (κ2) is 5.70. The summed E-state index contributed by atoms with van der Waals surface area (Å²) in [6, 6.07) is 14.0. The van der Waals surface area contributed by atoms with Crippen LogP contribution in [-0.4, -0.2) is 5.91 Å². The molecule has 0 unspecified atom stereocenters. The zero-order chi connectivity index (χ0) is 13.8. The Morgan fingerprint density at radius 3 is 2.53 bits per heavy atom. The van der Waals surface area contributed by atoms with Crippen LogP contribution in [0, 0.1) is 20.8 Å². The highest BCUT2D eigenvalue weighted by molar-refractivity contribution is 5.95. The predicted molar refractivity (Wildman–Crippen MR) is 78.3 cm³/mol. The van der Waals surface area contributed by atoms with E-state index in [1.165, 1.54) is 5.56 Å². The first-order valence-corrected chi connectivity index (χ1v) is 6.48. The first-order valence-electron chi connectivity index (χ1n) is 6.48. The number of benzene rings is 2. The molecule has 98 valence electrons. The van der Waals surface area contributed by atoms with Gasteiger partial charge >= 0.3 is 0 Å². The molecule has 0 radical (unpaired) electrons. The van der Waals surface area contributed by atoms with Gasteiger partial charge in [-0.2, -0.15) is 0 Å². The summed E-state index contributed by atoms with van der Waals surface area (Å²) in [5.74, 6) is -0.0114. The van der Waals surface area contributed by atoms with Crippen molar-refractivity contribution in [3.8, 4) is 0 Å². The van der Waals surface area contributed by atoms with Gasteiger partial charge in [0.25, 0.3) is 5.91 Å². The maximum atomic E-state index is 12.2. The lowest BCUT2D eigenvalue weighted by Crippen LogP contribution is -2.23. The molecule has 0 aliphatic carbocycles. The van der Waals surface area contributed by atoms with Gasteiger partial charge in [0.05, 0.1) is 0 Å². The third-order valence-corrected chi connectivity index (χ3v) is 3.38. The monoisotopic (exact) mass is 253 g/mol. The number of hydrogen-bond acceptors (Lipinski definition) is 1. The predicted octanol–water partition coefficient (Wildman–Crippen LogP) is 3.54. The van der Waals surface area contributed by atoms with Crippen molar-refractivity contribution in [2.75, 3.05) is 0 Å². The van der Waals surface area contributed by atoms with Crippen LogP contribution < -0.4 is 5.32 Å². The van der Waals surface area contributed by atoms with E-state index < -0.39 is 0 Å². The Labute approximate surface area is 114 Å². The summed E-state index contributed by atoms with van der Waals surface area (Å²) in [6.45, 7) is 6.62. The van der Waals surface area contributed by atoms with Crippen molar-refractivity contribution >= 4 is 5.91 Å². The number of amides is 1. The maximum absolute atomic E-state index is 12.2. The van der Waals surface area contributed by atoms with E-state index in [1.54, 1.807) is 0 Å². The van der Waals surface area contributed by atoms with Crippen molar-refractivity contribution in [2.45, 2.75) is 27.3 Å². The van der Waals surface area contributed by atoms with Crippen molar-refractivity contribution in [1.29, 1.82) is 0 Å². The molecule has 2 nitrogen and oxygen atoms in total. The summed E-state index contributed by atoms with van der Waals surface area (Å²) in [4.78, 5) is 12.2. The standard InChI is InChI=1S/C17H19NO/c1-12-6-4-8-15(10-12)11-18-17(19)16-9-5-7-13(2)14(16)3/h4-10H,11H2,1-3H3,(H,18,19). The van der Waals surface area contributed by atoms with Gasteiger partial charge in [-0.15, -0.1) is 0 Å². The van der Waals surface area contributed by atoms with Crippen molar-refractivity contribution < 1.29 is 4.79 Å². The third-order valence-electron chi connectivity index (χ3n) is 3.38. The number of rotatable bonds is 3. The smallest absolute Gasteiger partial charge is 0.251 e. The van der Waals surface area contributed by atoms with Gasteiger partial charge in [-0.3, -0.25) is 4.79 Å². The van der Waals surface area contributed by atoms with Gasteiger partial charge in [-0.1, -0.05) is 42.0 Å². The molecule has 0 aromatic heterocycles. The SMILES string of the molecule is Cc1cccc(CNC(=O)c2cccc(C)c2C)c1. The third kappa shape index (κ3) is 3.22. The molecule has 0 saturated carbocycles. The highest BCUT2D eigenvalue weighted by Crippen LogP contribution is 2.12. The first kappa shape index (κ1) is 13.3. The van der Waals surface area contributed by atoms with E-state index in [-0.39, 0.29) is 5.91 Å². The van der Waals surface area contributed by atoms with Crippen LogP contribution in [0.1, 0.15) is 32.6 Å². The van der Waals surface area contributed by atoms with Crippen LogP contribution in [0.4, 0.5) is 0 Å². The van der Waals surface area contributed by atoms with E-state index in [4.69, 9.17) is 0 Å². The van der Waals surface area contributed by atoms with Crippen LogP contribution >= 0.6 is 0 Å². The average molecular weight is 253 g/mol. The molecule has 2 rings (SSSR count). The fraction of sp³-hybridized carbons (Fsp3) is 0.235. The quantitative estimate of drug-likeness (QED) is 0.890. The first-order chi connectivity index (χ1) is 9.08. The van der Waals surface area contributed by atoms with Gasteiger partial charge < -0.3 is 5.32 Å². The number of carbonyl (C=O) groups is 1. The summed E-state index contributed by atoms with van der Waals surface area (Å²) in [5, 5.41) is 2.97. The van der Waals surface area contributed by atoms with E-state index in [0.717, 1.165) is 22.3 Å². The summed E-state index contributed by atoms with van der Waals surface area (Å²) >= 11 is 0. The number of nitrogens with one attached hydrogen (secondary N) is 1. The van der Waals surface area contributed by atoms with Crippen LogP contribution in [0.5, 0.6) is 0 Å². The Hall–Kier alpha value is -2.09. The normalized spacial score (nSPS) is 10.3. The van der Waals surface area contributed by atoms with Gasteiger partial charge in [0.1, 0.15) is 0 Å². The van der Waals surface area contributed by atoms with Gasteiger partial charge in [-0.25, -0.2) is 0 Å². The molecule has 2 heteroatoms. The van der Waals surface area contributed by atoms with E-state index in [0.29, 0.717) is 6.54 Å². The Morgan fingerprint density at radius 2 is 1.79 bits per heavy atom. The van der Waals surface area contributed by atoms with Gasteiger partial charge in [0.15, 0.2) is 0 Å². The lowest BCUT2D eigenvalue weighted by Gasteiger charge is -2.10. The molecule has 0 aliphatic heterocycles. The van der Waals surface area contributed by atoms with Crippen LogP contribution in [-0.2, 0) is 6.54 Å². The van der Waals surface area contributed by atoms with E-state index >= 15 is 0 Å². The molecular weight excluding hydrogens is 234 g/mol. The van der Waals surface area contributed by atoms with Gasteiger partial charge in [0, 0.05) is 12.1 Å². The fourth-order valence-electron chi connectivity index (χ4n) is 2.10. The zero-order valence-corrected chi connectivity index (χ0v) is 11.7. The fourth-order valence-corrected chi connectivity index (χ4v) is 2.10. The summed E-state index contributed by atoms with van der Waals surface area (Å²) in [5.41, 5.74) is 5.28. The van der Waals surface area contributed by atoms with E-state index in [9.17, 15) is 4.79 Å². The van der Waals surface area contributed by atoms with Gasteiger partial charge in [0.2, 0.25) is 0 Å². The minimum atomic E-state index is -0.0114. The minimum Gasteiger partial charge on any atom is -0.348 e. The van der Waals surface area contributed by atoms with Crippen molar-refractivity contribution in [3.63, 3.8) is 0 Å². The lowest BCUT2D eigenvalue weighted by atomic mass is 10.0. The van der Waals surface area contributed by atoms with Crippen molar-refractivity contribution in [1.82, 2.24) is 5.32 Å². The number of hydrogen-bond donors (Lipinski definition) is 1. The van der Waals surface area contributed by atoms with Crippen LogP contribution in [0.3, 0.4) is 0 Å². The summed E-state index contributed by atoms with van der Waals surface area (Å²) in [6.07, 6.45) is 0. The highest BCUT2D eigenvalue weighted by atomic mass is 16.1. The Kier molecular flexibility index (Phi) is 4.00. The van der Waals surface area contributed by atoms with Crippen molar-refractivity contribution in [3.05, 3.63) is 70.3 Å². The molecular formula is C17H19NO. The molecule has 0 heterocycles. The Balaban J connectivity index is 2.08. The summed E-state index contributed by atoms with van der Waals surface area (Å²) < 4.78 is 0. The maximum Gasteiger partial charge on any atom is 0.251 e. The van der Waals surface area contributed by atoms with E-state index in [2.05, 4.69) is 24.4 Å². The Morgan fingerprint density at radius 1 is 1.05 bits per heavy atom. The topological polar surface area (TPSA) is 29.1 Å². The molecule has 1 amide bonds. The molecule has 0 fully saturated rings. The molecule has 0 saturated heterocycles. The minimum absolute atomic E-state index is 0.0114. The molecule has 0 aliphatic rings. The Bertz CT molecular complexity index is 602. The molecule has 19 heavy (non-hydrogen) atoms. The molecule has 1 N–H and O–H groups in total. The van der Waals surface area contributed by atoms with Crippen LogP contribution in [0.2, 0.25) is 0 Å². The second-order valence-electron chi connectivity index (χ2n) is 4.92. The zero-order valence-electron chi connectivity index (χ0n) is 11.7. The molecule has 2 aromatic carbocycles. The average Bonchev–Trinajstić information content (AvgIpc) is 2.39. The van der Waals surface area contributed by atoms with Gasteiger partial charge in [-0.05, 0) is 43.5 Å². The van der Waals surface area contributed by atoms with Crippen molar-refractivity contribution in [2.24, 2.45) is 0 Å². The lowest BCUT2D eigenvalue weighted by molar-refractivity contribution is 0.0950. The second-order valence-corrected chi connectivity index (χ2v) is 4.92.